The minimum absolute atomic E-state index is 0.0231. The smallest absolute Gasteiger partial charge is 0.225 e. The summed E-state index contributed by atoms with van der Waals surface area (Å²) in [4.78, 5) is 14.4. The van der Waals surface area contributed by atoms with Crippen LogP contribution in [0.3, 0.4) is 0 Å². The van der Waals surface area contributed by atoms with Crippen LogP contribution in [0.2, 0.25) is 0 Å². The molecule has 1 amide bonds. The van der Waals surface area contributed by atoms with Gasteiger partial charge in [0, 0.05) is 31.8 Å². The molecule has 1 aliphatic carbocycles. The Labute approximate surface area is 126 Å². The molecular formula is C18H23NO2. The predicted molar refractivity (Wildman–Crippen MR) is 81.3 cm³/mol. The first kappa shape index (κ1) is 13.2. The number of aryl methyl sites for hydroxylation is 1. The number of nitrogens with zero attached hydrogens (tertiary/aromatic N) is 1. The molecule has 0 aromatic heterocycles. The lowest BCUT2D eigenvalue weighted by Gasteiger charge is -2.45. The van der Waals surface area contributed by atoms with Crippen molar-refractivity contribution in [3.8, 4) is 5.75 Å². The van der Waals surface area contributed by atoms with Crippen LogP contribution >= 0.6 is 0 Å². The summed E-state index contributed by atoms with van der Waals surface area (Å²) in [5.41, 5.74) is 1.31. The zero-order valence-corrected chi connectivity index (χ0v) is 12.5. The van der Waals surface area contributed by atoms with Crippen LogP contribution in [0.15, 0.2) is 24.3 Å². The Morgan fingerprint density at radius 2 is 1.90 bits per heavy atom. The third-order valence-electron chi connectivity index (χ3n) is 5.59. The van der Waals surface area contributed by atoms with Crippen molar-refractivity contribution < 1.29 is 9.53 Å². The number of fused-ring (bicyclic) bond motifs is 1. The Balaban J connectivity index is 1.42. The highest BCUT2D eigenvalue weighted by Gasteiger charge is 2.41. The summed E-state index contributed by atoms with van der Waals surface area (Å²) >= 11 is 0. The summed E-state index contributed by atoms with van der Waals surface area (Å²) in [7, 11) is 0. The van der Waals surface area contributed by atoms with Crippen LogP contribution in [0.5, 0.6) is 5.75 Å². The first-order chi connectivity index (χ1) is 10.3. The van der Waals surface area contributed by atoms with Crippen molar-refractivity contribution in [2.45, 2.75) is 50.5 Å². The molecule has 0 bridgehead atoms. The summed E-state index contributed by atoms with van der Waals surface area (Å²) in [6.45, 7) is 1.75. The van der Waals surface area contributed by atoms with Crippen molar-refractivity contribution in [1.29, 1.82) is 0 Å². The SMILES string of the molecule is O=C(C1CCC1)N1CCC2(CCc3ccccc3O2)CC1. The maximum absolute atomic E-state index is 12.3. The number of rotatable bonds is 1. The molecule has 1 aromatic carbocycles. The second-order valence-corrected chi connectivity index (χ2v) is 6.85. The average molecular weight is 285 g/mol. The topological polar surface area (TPSA) is 29.5 Å². The summed E-state index contributed by atoms with van der Waals surface area (Å²) in [6.07, 6.45) is 7.60. The molecule has 1 saturated carbocycles. The van der Waals surface area contributed by atoms with Gasteiger partial charge in [-0.2, -0.15) is 0 Å². The Bertz CT molecular complexity index is 542. The van der Waals surface area contributed by atoms with Crippen molar-refractivity contribution in [2.24, 2.45) is 5.92 Å². The molecule has 1 saturated heterocycles. The van der Waals surface area contributed by atoms with Crippen LogP contribution in [0, 0.1) is 5.92 Å². The van der Waals surface area contributed by atoms with Gasteiger partial charge in [0.05, 0.1) is 0 Å². The Hall–Kier alpha value is -1.51. The lowest BCUT2D eigenvalue weighted by Crippen LogP contribution is -2.52. The number of ether oxygens (including phenoxy) is 1. The van der Waals surface area contributed by atoms with E-state index in [0.29, 0.717) is 11.8 Å². The molecule has 3 nitrogen and oxygen atoms in total. The lowest BCUT2D eigenvalue weighted by molar-refractivity contribution is -0.142. The summed E-state index contributed by atoms with van der Waals surface area (Å²) in [5.74, 6) is 1.78. The van der Waals surface area contributed by atoms with E-state index in [4.69, 9.17) is 4.74 Å². The van der Waals surface area contributed by atoms with Crippen LogP contribution in [-0.2, 0) is 11.2 Å². The Morgan fingerprint density at radius 3 is 2.62 bits per heavy atom. The van der Waals surface area contributed by atoms with E-state index in [1.54, 1.807) is 0 Å². The molecule has 3 heteroatoms. The number of carbonyl (C=O) groups is 1. The predicted octanol–water partition coefficient (Wildman–Crippen LogP) is 3.17. The molecule has 0 unspecified atom stereocenters. The molecule has 3 aliphatic rings. The van der Waals surface area contributed by atoms with Crippen molar-refractivity contribution in [1.82, 2.24) is 4.90 Å². The highest BCUT2D eigenvalue weighted by molar-refractivity contribution is 5.79. The molecule has 21 heavy (non-hydrogen) atoms. The fraction of sp³-hybridized carbons (Fsp3) is 0.611. The molecule has 2 heterocycles. The van der Waals surface area contributed by atoms with Gasteiger partial charge in [-0.3, -0.25) is 4.79 Å². The molecular weight excluding hydrogens is 262 g/mol. The second-order valence-electron chi connectivity index (χ2n) is 6.85. The largest absolute Gasteiger partial charge is 0.487 e. The lowest BCUT2D eigenvalue weighted by atomic mass is 9.81. The standard InChI is InChI=1S/C18H23NO2/c20-17(15-5-3-6-15)19-12-10-18(11-13-19)9-8-14-4-1-2-7-16(14)21-18/h1-2,4,7,15H,3,5-6,8-13H2. The first-order valence-electron chi connectivity index (χ1n) is 8.32. The minimum atomic E-state index is -0.0231. The van der Waals surface area contributed by atoms with Crippen molar-refractivity contribution in [2.75, 3.05) is 13.1 Å². The molecule has 0 N–H and O–H groups in total. The monoisotopic (exact) mass is 285 g/mol. The number of benzene rings is 1. The maximum Gasteiger partial charge on any atom is 0.225 e. The van der Waals surface area contributed by atoms with Crippen molar-refractivity contribution in [3.05, 3.63) is 29.8 Å². The number of amides is 1. The highest BCUT2D eigenvalue weighted by atomic mass is 16.5. The third-order valence-corrected chi connectivity index (χ3v) is 5.59. The zero-order valence-electron chi connectivity index (χ0n) is 12.5. The van der Waals surface area contributed by atoms with Crippen molar-refractivity contribution >= 4 is 5.91 Å². The molecule has 0 radical (unpaired) electrons. The Kier molecular flexibility index (Phi) is 3.16. The van der Waals surface area contributed by atoms with E-state index in [9.17, 15) is 4.79 Å². The number of carbonyl (C=O) groups excluding carboxylic acids is 1. The van der Waals surface area contributed by atoms with Crippen molar-refractivity contribution in [3.63, 3.8) is 0 Å². The Morgan fingerprint density at radius 1 is 1.14 bits per heavy atom. The molecule has 112 valence electrons. The number of hydrogen-bond donors (Lipinski definition) is 0. The molecule has 2 fully saturated rings. The third kappa shape index (κ3) is 2.33. The maximum atomic E-state index is 12.3. The van der Waals surface area contributed by atoms with Crippen LogP contribution in [0.25, 0.3) is 0 Å². The quantitative estimate of drug-likeness (QED) is 0.793. The van der Waals surface area contributed by atoms with Gasteiger partial charge in [-0.1, -0.05) is 24.6 Å². The van der Waals surface area contributed by atoms with Gasteiger partial charge < -0.3 is 9.64 Å². The molecule has 1 spiro atoms. The van der Waals surface area contributed by atoms with E-state index in [0.717, 1.165) is 57.4 Å². The van der Waals surface area contributed by atoms with E-state index < -0.39 is 0 Å². The van der Waals surface area contributed by atoms with Gasteiger partial charge in [-0.25, -0.2) is 0 Å². The molecule has 1 aromatic rings. The van der Waals surface area contributed by atoms with Gasteiger partial charge in [-0.15, -0.1) is 0 Å². The summed E-state index contributed by atoms with van der Waals surface area (Å²) in [5, 5.41) is 0. The van der Waals surface area contributed by atoms with Gasteiger partial charge in [-0.05, 0) is 37.3 Å². The van der Waals surface area contributed by atoms with E-state index >= 15 is 0 Å². The van der Waals surface area contributed by atoms with Gasteiger partial charge in [0.2, 0.25) is 5.91 Å². The van der Waals surface area contributed by atoms with Crippen LogP contribution in [0.1, 0.15) is 44.1 Å². The second kappa shape index (κ2) is 5.04. The molecule has 2 aliphatic heterocycles. The number of likely N-dealkylation sites (tertiary alicyclic amines) is 1. The van der Waals surface area contributed by atoms with E-state index in [2.05, 4.69) is 23.1 Å². The number of hydrogen-bond acceptors (Lipinski definition) is 2. The van der Waals surface area contributed by atoms with E-state index in [-0.39, 0.29) is 5.60 Å². The van der Waals surface area contributed by atoms with Crippen LogP contribution in [-0.4, -0.2) is 29.5 Å². The normalized spacial score (nSPS) is 24.1. The van der Waals surface area contributed by atoms with E-state index in [1.165, 1.54) is 12.0 Å². The summed E-state index contributed by atoms with van der Waals surface area (Å²) in [6, 6.07) is 8.38. The van der Waals surface area contributed by atoms with Crippen LogP contribution in [0.4, 0.5) is 0 Å². The fourth-order valence-electron chi connectivity index (χ4n) is 3.86. The minimum Gasteiger partial charge on any atom is -0.487 e. The zero-order chi connectivity index (χ0) is 14.3. The number of para-hydroxylation sites is 1. The fourth-order valence-corrected chi connectivity index (χ4v) is 3.86. The highest BCUT2D eigenvalue weighted by Crippen LogP contribution is 2.40. The van der Waals surface area contributed by atoms with Gasteiger partial charge in [0.25, 0.3) is 0 Å². The molecule has 4 rings (SSSR count). The summed E-state index contributed by atoms with van der Waals surface area (Å²) < 4.78 is 6.35. The van der Waals surface area contributed by atoms with Gasteiger partial charge in [0.15, 0.2) is 0 Å². The number of piperidine rings is 1. The first-order valence-corrected chi connectivity index (χ1v) is 8.32. The van der Waals surface area contributed by atoms with Gasteiger partial charge in [0.1, 0.15) is 11.4 Å². The van der Waals surface area contributed by atoms with Crippen LogP contribution < -0.4 is 4.74 Å². The van der Waals surface area contributed by atoms with Gasteiger partial charge >= 0.3 is 0 Å². The average Bonchev–Trinajstić information content (AvgIpc) is 2.46. The van der Waals surface area contributed by atoms with E-state index in [1.807, 2.05) is 6.07 Å². The molecule has 0 atom stereocenters.